The summed E-state index contributed by atoms with van der Waals surface area (Å²) in [6, 6.07) is 7.82. The second kappa shape index (κ2) is 2.75. The van der Waals surface area contributed by atoms with Crippen molar-refractivity contribution in [3.63, 3.8) is 0 Å². The fourth-order valence-corrected chi connectivity index (χ4v) is 2.30. The Hall–Kier alpha value is -1.53. The second-order valence-electron chi connectivity index (χ2n) is 2.91. The Bertz CT molecular complexity index is 505. The van der Waals surface area contributed by atoms with E-state index in [1.165, 1.54) is 4.88 Å². The number of nitrogens with two attached hydrogens (primary N) is 1. The molecule has 0 saturated carbocycles. The molecule has 0 aliphatic carbocycles. The van der Waals surface area contributed by atoms with Crippen molar-refractivity contribution >= 4 is 27.1 Å². The zero-order valence-corrected chi connectivity index (χ0v) is 7.98. The average Bonchev–Trinajstić information content (AvgIpc) is 2.47. The highest BCUT2D eigenvalue weighted by Gasteiger charge is 2.05. The van der Waals surface area contributed by atoms with Gasteiger partial charge in [0.05, 0.1) is 11.3 Å². The summed E-state index contributed by atoms with van der Waals surface area (Å²) < 4.78 is 1.15. The van der Waals surface area contributed by atoms with Crippen LogP contribution in [0.5, 0.6) is 0 Å². The topological polar surface area (TPSA) is 49.8 Å². The molecule has 2 aromatic rings. The molecule has 0 spiro atoms. The van der Waals surface area contributed by atoms with Crippen LogP contribution in [-0.4, -0.2) is 0 Å². The third-order valence-electron chi connectivity index (χ3n) is 1.99. The van der Waals surface area contributed by atoms with Crippen LogP contribution in [0.1, 0.15) is 10.4 Å². The number of aryl methyl sites for hydroxylation is 1. The van der Waals surface area contributed by atoms with Crippen LogP contribution in [-0.2, 0) is 0 Å². The number of nitrogens with zero attached hydrogens (tertiary/aromatic N) is 1. The second-order valence-corrected chi connectivity index (χ2v) is 4.20. The number of nitriles is 1. The molecule has 0 atom stereocenters. The number of anilines is 1. The fourth-order valence-electron chi connectivity index (χ4n) is 1.36. The van der Waals surface area contributed by atoms with Gasteiger partial charge in [-0.05, 0) is 25.1 Å². The summed E-state index contributed by atoms with van der Waals surface area (Å²) in [7, 11) is 0. The van der Waals surface area contributed by atoms with Crippen molar-refractivity contribution in [2.75, 3.05) is 5.73 Å². The molecular weight excluding hydrogens is 180 g/mol. The number of thiophene rings is 1. The van der Waals surface area contributed by atoms with Crippen molar-refractivity contribution in [1.29, 1.82) is 5.26 Å². The molecule has 0 fully saturated rings. The largest absolute Gasteiger partial charge is 0.397 e. The standard InChI is InChI=1S/C10H8N2S/c1-6-4-8-9(13-6)3-2-7(5-11)10(8)12/h2-4H,12H2,1H3. The van der Waals surface area contributed by atoms with E-state index in [1.807, 2.05) is 19.1 Å². The van der Waals surface area contributed by atoms with Crippen LogP contribution in [0.3, 0.4) is 0 Å². The van der Waals surface area contributed by atoms with Crippen molar-refractivity contribution in [1.82, 2.24) is 0 Å². The Morgan fingerprint density at radius 2 is 2.23 bits per heavy atom. The van der Waals surface area contributed by atoms with E-state index in [0.29, 0.717) is 11.3 Å². The number of hydrogen-bond acceptors (Lipinski definition) is 3. The maximum absolute atomic E-state index is 8.76. The molecule has 2 nitrogen and oxygen atoms in total. The van der Waals surface area contributed by atoms with Crippen LogP contribution < -0.4 is 5.73 Å². The van der Waals surface area contributed by atoms with E-state index in [-0.39, 0.29) is 0 Å². The molecule has 0 amide bonds. The summed E-state index contributed by atoms with van der Waals surface area (Å²) in [5.41, 5.74) is 6.99. The molecule has 1 aromatic heterocycles. The monoisotopic (exact) mass is 188 g/mol. The third kappa shape index (κ3) is 1.16. The van der Waals surface area contributed by atoms with Gasteiger partial charge in [-0.25, -0.2) is 0 Å². The van der Waals surface area contributed by atoms with E-state index in [2.05, 4.69) is 6.07 Å². The lowest BCUT2D eigenvalue weighted by Gasteiger charge is -1.97. The van der Waals surface area contributed by atoms with Gasteiger partial charge in [0.25, 0.3) is 0 Å². The van der Waals surface area contributed by atoms with Gasteiger partial charge in [0.2, 0.25) is 0 Å². The first-order chi connectivity index (χ1) is 6.22. The Labute approximate surface area is 80.2 Å². The van der Waals surface area contributed by atoms with Gasteiger partial charge in [-0.1, -0.05) is 0 Å². The summed E-state index contributed by atoms with van der Waals surface area (Å²) >= 11 is 1.70. The summed E-state index contributed by atoms with van der Waals surface area (Å²) in [6.45, 7) is 2.04. The smallest absolute Gasteiger partial charge is 0.101 e. The number of nitrogen functional groups attached to an aromatic ring is 1. The molecule has 64 valence electrons. The van der Waals surface area contributed by atoms with E-state index in [0.717, 1.165) is 10.1 Å². The van der Waals surface area contributed by atoms with E-state index in [4.69, 9.17) is 11.0 Å². The normalized spacial score (nSPS) is 10.2. The molecule has 0 saturated heterocycles. The Morgan fingerprint density at radius 1 is 1.46 bits per heavy atom. The van der Waals surface area contributed by atoms with Crippen LogP contribution in [0, 0.1) is 18.3 Å². The first-order valence-corrected chi connectivity index (χ1v) is 4.73. The highest BCUT2D eigenvalue weighted by molar-refractivity contribution is 7.19. The van der Waals surface area contributed by atoms with Gasteiger partial charge >= 0.3 is 0 Å². The number of hydrogen-bond donors (Lipinski definition) is 1. The first-order valence-electron chi connectivity index (χ1n) is 3.91. The zero-order valence-electron chi connectivity index (χ0n) is 7.16. The van der Waals surface area contributed by atoms with Crippen molar-refractivity contribution in [2.24, 2.45) is 0 Å². The van der Waals surface area contributed by atoms with Gasteiger partial charge in [0.1, 0.15) is 6.07 Å². The minimum Gasteiger partial charge on any atom is -0.397 e. The maximum Gasteiger partial charge on any atom is 0.101 e. The van der Waals surface area contributed by atoms with Crippen molar-refractivity contribution < 1.29 is 0 Å². The highest BCUT2D eigenvalue weighted by Crippen LogP contribution is 2.31. The van der Waals surface area contributed by atoms with Gasteiger partial charge in [-0.2, -0.15) is 5.26 Å². The molecular formula is C10H8N2S. The van der Waals surface area contributed by atoms with Gasteiger partial charge < -0.3 is 5.73 Å². The lowest BCUT2D eigenvalue weighted by Crippen LogP contribution is -1.89. The van der Waals surface area contributed by atoms with Gasteiger partial charge in [0.15, 0.2) is 0 Å². The molecule has 3 heteroatoms. The highest BCUT2D eigenvalue weighted by atomic mass is 32.1. The average molecular weight is 188 g/mol. The van der Waals surface area contributed by atoms with Gasteiger partial charge in [-0.15, -0.1) is 11.3 Å². The van der Waals surface area contributed by atoms with E-state index in [9.17, 15) is 0 Å². The molecule has 0 radical (unpaired) electrons. The molecule has 0 aliphatic heterocycles. The fraction of sp³-hybridized carbons (Fsp3) is 0.100. The summed E-state index contributed by atoms with van der Waals surface area (Å²) in [6.07, 6.45) is 0. The lowest BCUT2D eigenvalue weighted by atomic mass is 10.1. The molecule has 0 bridgehead atoms. The van der Waals surface area contributed by atoms with Crippen LogP contribution in [0.4, 0.5) is 5.69 Å². The van der Waals surface area contributed by atoms with Crippen molar-refractivity contribution in [2.45, 2.75) is 6.92 Å². The zero-order chi connectivity index (χ0) is 9.42. The quantitative estimate of drug-likeness (QED) is 0.646. The van der Waals surface area contributed by atoms with Gasteiger partial charge in [-0.3, -0.25) is 0 Å². The van der Waals surface area contributed by atoms with E-state index in [1.54, 1.807) is 17.4 Å². The van der Waals surface area contributed by atoms with E-state index < -0.39 is 0 Å². The predicted molar refractivity (Wildman–Crippen MR) is 55.7 cm³/mol. The van der Waals surface area contributed by atoms with Crippen molar-refractivity contribution in [3.8, 4) is 6.07 Å². The first kappa shape index (κ1) is 8.09. The summed E-state index contributed by atoms with van der Waals surface area (Å²) in [5, 5.41) is 9.76. The summed E-state index contributed by atoms with van der Waals surface area (Å²) in [5.74, 6) is 0. The van der Waals surface area contributed by atoms with Crippen LogP contribution >= 0.6 is 11.3 Å². The molecule has 0 unspecified atom stereocenters. The third-order valence-corrected chi connectivity index (χ3v) is 3.00. The number of fused-ring (bicyclic) bond motifs is 1. The maximum atomic E-state index is 8.76. The molecule has 0 aliphatic rings. The Balaban J connectivity index is 2.87. The minimum absolute atomic E-state index is 0.560. The Morgan fingerprint density at radius 3 is 2.92 bits per heavy atom. The number of rotatable bonds is 0. The van der Waals surface area contributed by atoms with Crippen molar-refractivity contribution in [3.05, 3.63) is 28.6 Å². The van der Waals surface area contributed by atoms with E-state index >= 15 is 0 Å². The lowest BCUT2D eigenvalue weighted by molar-refractivity contribution is 1.50. The predicted octanol–water partition coefficient (Wildman–Crippen LogP) is 2.66. The molecule has 1 aromatic carbocycles. The molecule has 1 heterocycles. The SMILES string of the molecule is Cc1cc2c(N)c(C#N)ccc2s1. The Kier molecular flexibility index (Phi) is 1.71. The minimum atomic E-state index is 0.560. The molecule has 2 N–H and O–H groups in total. The van der Waals surface area contributed by atoms with Crippen LogP contribution in [0.15, 0.2) is 18.2 Å². The summed E-state index contributed by atoms with van der Waals surface area (Å²) in [4.78, 5) is 1.22. The molecule has 2 rings (SSSR count). The van der Waals surface area contributed by atoms with Crippen LogP contribution in [0.25, 0.3) is 10.1 Å². The van der Waals surface area contributed by atoms with Crippen LogP contribution in [0.2, 0.25) is 0 Å². The number of benzene rings is 1. The molecule has 13 heavy (non-hydrogen) atoms. The van der Waals surface area contributed by atoms with Gasteiger partial charge in [0, 0.05) is 15.0 Å².